The van der Waals surface area contributed by atoms with Gasteiger partial charge in [-0.1, -0.05) is 6.08 Å². The molecule has 0 N–H and O–H groups in total. The van der Waals surface area contributed by atoms with E-state index in [1.54, 1.807) is 31.4 Å². The maximum atomic E-state index is 12.1. The summed E-state index contributed by atoms with van der Waals surface area (Å²) in [6, 6.07) is 6.70. The van der Waals surface area contributed by atoms with Crippen molar-refractivity contribution < 1.29 is 19.1 Å². The number of carbonyl (C=O) groups is 3. The third kappa shape index (κ3) is 2.94. The van der Waals surface area contributed by atoms with Crippen LogP contribution in [0.1, 0.15) is 36.5 Å². The predicted molar refractivity (Wildman–Crippen MR) is 78.4 cm³/mol. The number of allylic oxidation sites excluding steroid dienone is 2. The highest BCUT2D eigenvalue weighted by molar-refractivity contribution is 6.11. The predicted octanol–water partition coefficient (Wildman–Crippen LogP) is 2.76. The van der Waals surface area contributed by atoms with E-state index in [1.807, 2.05) is 0 Å². The summed E-state index contributed by atoms with van der Waals surface area (Å²) < 4.78 is 5.03. The lowest BCUT2D eigenvalue weighted by molar-refractivity contribution is -0.134. The summed E-state index contributed by atoms with van der Waals surface area (Å²) in [5, 5.41) is 0. The van der Waals surface area contributed by atoms with Crippen molar-refractivity contribution in [3.05, 3.63) is 42.0 Å². The second-order valence-corrected chi connectivity index (χ2v) is 5.23. The maximum absolute atomic E-state index is 12.1. The van der Waals surface area contributed by atoms with Gasteiger partial charge in [-0.2, -0.15) is 0 Å². The van der Waals surface area contributed by atoms with E-state index in [9.17, 15) is 14.4 Å². The van der Waals surface area contributed by atoms with Crippen LogP contribution in [0.15, 0.2) is 36.4 Å². The summed E-state index contributed by atoms with van der Waals surface area (Å²) in [4.78, 5) is 35.9. The molecule has 0 unspecified atom stereocenters. The number of hydrogen-bond donors (Lipinski definition) is 0. The molecule has 1 aromatic carbocycles. The monoisotopic (exact) mass is 286 g/mol. The van der Waals surface area contributed by atoms with Gasteiger partial charge in [-0.15, -0.1) is 0 Å². The van der Waals surface area contributed by atoms with E-state index >= 15 is 0 Å². The van der Waals surface area contributed by atoms with Crippen molar-refractivity contribution >= 4 is 17.3 Å². The first-order chi connectivity index (χ1) is 9.99. The molecule has 2 rings (SSSR count). The average molecular weight is 286 g/mol. The molecule has 0 amide bonds. The standard InChI is InChI=1S/C17H18O4/c1-12(18)17(10-3-4-16(17)20)11-9-15(19)13-5-7-14(21-2)8-6-13/h5-9,11H,3-4,10H2,1-2H3/b11-9+/t17-/m0/s1. The van der Waals surface area contributed by atoms with Crippen LogP contribution in [-0.2, 0) is 9.59 Å². The van der Waals surface area contributed by atoms with E-state index in [0.717, 1.165) is 0 Å². The molecule has 1 aromatic rings. The number of ether oxygens (including phenoxy) is 1. The number of methoxy groups -OCH3 is 1. The third-order valence-corrected chi connectivity index (χ3v) is 3.99. The van der Waals surface area contributed by atoms with E-state index in [0.29, 0.717) is 30.6 Å². The normalized spacial score (nSPS) is 21.7. The van der Waals surface area contributed by atoms with Crippen molar-refractivity contribution in [2.24, 2.45) is 5.41 Å². The zero-order chi connectivity index (χ0) is 15.5. The lowest BCUT2D eigenvalue weighted by Crippen LogP contribution is -2.31. The van der Waals surface area contributed by atoms with Crippen LogP contribution in [0.4, 0.5) is 0 Å². The van der Waals surface area contributed by atoms with Crippen LogP contribution in [0.3, 0.4) is 0 Å². The Balaban J connectivity index is 2.20. The Hall–Kier alpha value is -2.23. The van der Waals surface area contributed by atoms with E-state index in [-0.39, 0.29) is 17.3 Å². The second-order valence-electron chi connectivity index (χ2n) is 5.23. The summed E-state index contributed by atoms with van der Waals surface area (Å²) >= 11 is 0. The zero-order valence-corrected chi connectivity index (χ0v) is 12.2. The first-order valence-electron chi connectivity index (χ1n) is 6.91. The molecule has 0 heterocycles. The lowest BCUT2D eigenvalue weighted by atomic mass is 9.80. The Morgan fingerprint density at radius 2 is 1.90 bits per heavy atom. The molecular weight excluding hydrogens is 268 g/mol. The molecule has 0 radical (unpaired) electrons. The van der Waals surface area contributed by atoms with Crippen LogP contribution in [0.5, 0.6) is 5.75 Å². The zero-order valence-electron chi connectivity index (χ0n) is 12.2. The largest absolute Gasteiger partial charge is 0.497 e. The molecule has 0 aromatic heterocycles. The number of hydrogen-bond acceptors (Lipinski definition) is 4. The minimum absolute atomic E-state index is 0.0891. The van der Waals surface area contributed by atoms with Gasteiger partial charge < -0.3 is 4.74 Å². The Bertz CT molecular complexity index is 598. The van der Waals surface area contributed by atoms with Gasteiger partial charge in [-0.25, -0.2) is 0 Å². The average Bonchev–Trinajstić information content (AvgIpc) is 2.87. The molecule has 1 saturated carbocycles. The Labute approximate surface area is 123 Å². The van der Waals surface area contributed by atoms with Gasteiger partial charge in [0.15, 0.2) is 5.78 Å². The number of carbonyl (C=O) groups excluding carboxylic acids is 3. The van der Waals surface area contributed by atoms with Crippen molar-refractivity contribution in [3.63, 3.8) is 0 Å². The Morgan fingerprint density at radius 1 is 1.24 bits per heavy atom. The first kappa shape index (κ1) is 15.2. The summed E-state index contributed by atoms with van der Waals surface area (Å²) in [5.41, 5.74) is -0.599. The number of rotatable bonds is 5. The van der Waals surface area contributed by atoms with Crippen LogP contribution in [0, 0.1) is 5.41 Å². The van der Waals surface area contributed by atoms with Crippen LogP contribution >= 0.6 is 0 Å². The van der Waals surface area contributed by atoms with Gasteiger partial charge >= 0.3 is 0 Å². The van der Waals surface area contributed by atoms with Crippen molar-refractivity contribution in [3.8, 4) is 5.75 Å². The molecule has 1 atom stereocenters. The van der Waals surface area contributed by atoms with Gasteiger partial charge in [0, 0.05) is 12.0 Å². The van der Waals surface area contributed by atoms with Crippen LogP contribution < -0.4 is 4.74 Å². The molecule has 1 aliphatic rings. The molecule has 1 aliphatic carbocycles. The van der Waals surface area contributed by atoms with Gasteiger partial charge in [-0.05, 0) is 50.1 Å². The molecule has 1 fully saturated rings. The number of benzene rings is 1. The van der Waals surface area contributed by atoms with Gasteiger partial charge in [0.05, 0.1) is 7.11 Å². The van der Waals surface area contributed by atoms with Crippen LogP contribution in [0.25, 0.3) is 0 Å². The molecule has 0 saturated heterocycles. The summed E-state index contributed by atoms with van der Waals surface area (Å²) in [5.74, 6) is 0.164. The number of ketones is 3. The molecule has 110 valence electrons. The molecular formula is C17H18O4. The van der Waals surface area contributed by atoms with Crippen molar-refractivity contribution in [2.75, 3.05) is 7.11 Å². The molecule has 4 heteroatoms. The smallest absolute Gasteiger partial charge is 0.185 e. The highest BCUT2D eigenvalue weighted by Gasteiger charge is 2.43. The van der Waals surface area contributed by atoms with Crippen molar-refractivity contribution in [1.82, 2.24) is 0 Å². The van der Waals surface area contributed by atoms with Crippen LogP contribution in [0.2, 0.25) is 0 Å². The summed E-state index contributed by atoms with van der Waals surface area (Å²) in [7, 11) is 1.55. The van der Waals surface area contributed by atoms with Gasteiger partial charge in [0.25, 0.3) is 0 Å². The fraction of sp³-hybridized carbons (Fsp3) is 0.353. The van der Waals surface area contributed by atoms with Crippen molar-refractivity contribution in [2.45, 2.75) is 26.2 Å². The first-order valence-corrected chi connectivity index (χ1v) is 6.91. The lowest BCUT2D eigenvalue weighted by Gasteiger charge is -2.19. The fourth-order valence-corrected chi connectivity index (χ4v) is 2.63. The quantitative estimate of drug-likeness (QED) is 0.474. The maximum Gasteiger partial charge on any atom is 0.185 e. The molecule has 21 heavy (non-hydrogen) atoms. The van der Waals surface area contributed by atoms with E-state index in [4.69, 9.17) is 4.74 Å². The second kappa shape index (κ2) is 6.04. The third-order valence-electron chi connectivity index (χ3n) is 3.99. The van der Waals surface area contributed by atoms with Gasteiger partial charge in [0.2, 0.25) is 0 Å². The molecule has 0 spiro atoms. The van der Waals surface area contributed by atoms with E-state index in [1.165, 1.54) is 19.1 Å². The molecule has 4 nitrogen and oxygen atoms in total. The highest BCUT2D eigenvalue weighted by Crippen LogP contribution is 2.37. The Morgan fingerprint density at radius 3 is 2.38 bits per heavy atom. The number of Topliss-reactive ketones (excluding diaryl/α,β-unsaturated/α-hetero) is 2. The SMILES string of the molecule is COc1ccc(C(=O)/C=C/[C@]2(C(C)=O)CCCC2=O)cc1. The summed E-state index contributed by atoms with van der Waals surface area (Å²) in [6.45, 7) is 1.41. The highest BCUT2D eigenvalue weighted by atomic mass is 16.5. The fourth-order valence-electron chi connectivity index (χ4n) is 2.63. The minimum atomic E-state index is -1.10. The van der Waals surface area contributed by atoms with E-state index in [2.05, 4.69) is 0 Å². The minimum Gasteiger partial charge on any atom is -0.497 e. The molecule has 0 aliphatic heterocycles. The van der Waals surface area contributed by atoms with Crippen LogP contribution in [-0.4, -0.2) is 24.5 Å². The Kier molecular flexibility index (Phi) is 4.36. The molecule has 0 bridgehead atoms. The summed E-state index contributed by atoms with van der Waals surface area (Å²) in [6.07, 6.45) is 4.41. The topological polar surface area (TPSA) is 60.4 Å². The van der Waals surface area contributed by atoms with Gasteiger partial charge in [-0.3, -0.25) is 14.4 Å². The van der Waals surface area contributed by atoms with E-state index < -0.39 is 5.41 Å². The van der Waals surface area contributed by atoms with Crippen molar-refractivity contribution in [1.29, 1.82) is 0 Å². The van der Waals surface area contributed by atoms with Gasteiger partial charge in [0.1, 0.15) is 22.7 Å².